The van der Waals surface area contributed by atoms with Crippen LogP contribution in [0.3, 0.4) is 0 Å². The molecule has 0 radical (unpaired) electrons. The van der Waals surface area contributed by atoms with Crippen LogP contribution in [-0.2, 0) is 11.2 Å². The van der Waals surface area contributed by atoms with E-state index in [-0.39, 0.29) is 11.7 Å². The Morgan fingerprint density at radius 3 is 2.44 bits per heavy atom. The number of nitrogens with one attached hydrogen (secondary N) is 2. The second kappa shape index (κ2) is 11.6. The highest BCUT2D eigenvalue weighted by Crippen LogP contribution is 2.31. The fraction of sp³-hybridized carbons (Fsp3) is 0.300. The predicted molar refractivity (Wildman–Crippen MR) is 161 cm³/mol. The fourth-order valence-corrected chi connectivity index (χ4v) is 5.30. The molecule has 0 aliphatic carbocycles. The van der Waals surface area contributed by atoms with E-state index in [0.717, 1.165) is 5.56 Å². The second-order valence-corrected chi connectivity index (χ2v) is 11.7. The smallest absolute Gasteiger partial charge is 0.410 e. The molecule has 1 aliphatic heterocycles. The molecule has 0 bridgehead atoms. The number of benzene rings is 2. The molecular weight excluding hydrogens is 568 g/mol. The zero-order chi connectivity index (χ0) is 29.3. The van der Waals surface area contributed by atoms with Crippen LogP contribution in [0.15, 0.2) is 59.5 Å². The lowest BCUT2D eigenvalue weighted by atomic mass is 10.1. The van der Waals surface area contributed by atoms with Gasteiger partial charge in [0.25, 0.3) is 5.56 Å². The molecule has 1 saturated heterocycles. The molecule has 2 aromatic carbocycles. The summed E-state index contributed by atoms with van der Waals surface area (Å²) in [7, 11) is 0. The summed E-state index contributed by atoms with van der Waals surface area (Å²) < 4.78 is 20.8. The summed E-state index contributed by atoms with van der Waals surface area (Å²) in [6.45, 7) is 7.28. The van der Waals surface area contributed by atoms with Gasteiger partial charge in [0, 0.05) is 60.2 Å². The van der Waals surface area contributed by atoms with Gasteiger partial charge in [-0.25, -0.2) is 9.18 Å². The van der Waals surface area contributed by atoms with E-state index in [0.29, 0.717) is 76.3 Å². The van der Waals surface area contributed by atoms with E-state index in [4.69, 9.17) is 27.9 Å². The van der Waals surface area contributed by atoms with Gasteiger partial charge in [-0.1, -0.05) is 29.3 Å². The predicted octanol–water partition coefficient (Wildman–Crippen LogP) is 6.76. The lowest BCUT2D eigenvalue weighted by Gasteiger charge is -2.36. The number of hydrogen-bond donors (Lipinski definition) is 2. The molecule has 0 unspecified atom stereocenters. The van der Waals surface area contributed by atoms with Crippen molar-refractivity contribution in [3.63, 3.8) is 0 Å². The van der Waals surface area contributed by atoms with Crippen LogP contribution in [0.5, 0.6) is 0 Å². The minimum atomic E-state index is -0.573. The number of anilines is 3. The number of ether oxygens (including phenoxy) is 1. The van der Waals surface area contributed by atoms with Crippen molar-refractivity contribution in [2.45, 2.75) is 32.8 Å². The van der Waals surface area contributed by atoms with Crippen molar-refractivity contribution >= 4 is 57.3 Å². The number of aromatic nitrogens is 2. The summed E-state index contributed by atoms with van der Waals surface area (Å²) >= 11 is 12.8. The molecule has 0 spiro atoms. The van der Waals surface area contributed by atoms with Gasteiger partial charge in [-0.3, -0.25) is 9.78 Å². The number of fused-ring (bicyclic) bond motifs is 1. The number of amides is 1. The van der Waals surface area contributed by atoms with Crippen molar-refractivity contribution in [2.75, 3.05) is 36.4 Å². The van der Waals surface area contributed by atoms with Gasteiger partial charge in [0.1, 0.15) is 11.4 Å². The van der Waals surface area contributed by atoms with Crippen molar-refractivity contribution in [1.29, 1.82) is 0 Å². The Morgan fingerprint density at radius 2 is 1.78 bits per heavy atom. The Kier molecular flexibility index (Phi) is 8.11. The topological polar surface area (TPSA) is 90.6 Å². The largest absolute Gasteiger partial charge is 0.444 e. The van der Waals surface area contributed by atoms with Crippen LogP contribution in [0.1, 0.15) is 32.0 Å². The maximum absolute atomic E-state index is 15.4. The van der Waals surface area contributed by atoms with Crippen LogP contribution in [0.25, 0.3) is 10.9 Å². The first-order valence-electron chi connectivity index (χ1n) is 13.2. The van der Waals surface area contributed by atoms with E-state index < -0.39 is 11.4 Å². The highest BCUT2D eigenvalue weighted by atomic mass is 35.5. The number of H-pyrrole nitrogens is 1. The fourth-order valence-electron chi connectivity index (χ4n) is 4.77. The van der Waals surface area contributed by atoms with Crippen LogP contribution >= 0.6 is 23.2 Å². The molecule has 1 amide bonds. The summed E-state index contributed by atoms with van der Waals surface area (Å²) in [6, 6.07) is 13.6. The Morgan fingerprint density at radius 1 is 1.07 bits per heavy atom. The first-order chi connectivity index (χ1) is 19.5. The van der Waals surface area contributed by atoms with Gasteiger partial charge in [0.2, 0.25) is 0 Å². The average molecular weight is 599 g/mol. The lowest BCUT2D eigenvalue weighted by Crippen LogP contribution is -2.50. The highest BCUT2D eigenvalue weighted by Gasteiger charge is 2.27. The molecule has 0 atom stereocenters. The quantitative estimate of drug-likeness (QED) is 0.264. The Balaban J connectivity index is 1.37. The molecule has 1 aliphatic rings. The van der Waals surface area contributed by atoms with Crippen molar-refractivity contribution in [2.24, 2.45) is 0 Å². The second-order valence-electron chi connectivity index (χ2n) is 10.9. The molecule has 2 N–H and O–H groups in total. The van der Waals surface area contributed by atoms with E-state index in [9.17, 15) is 9.59 Å². The number of nitrogens with zero attached hydrogens (tertiary/aromatic N) is 3. The minimum absolute atomic E-state index is 0.320. The molecule has 214 valence electrons. The molecule has 3 heterocycles. The monoisotopic (exact) mass is 597 g/mol. The zero-order valence-corrected chi connectivity index (χ0v) is 24.4. The summed E-state index contributed by atoms with van der Waals surface area (Å²) in [5.74, 6) is -0.420. The molecular formula is C30H30Cl2FN5O3. The summed E-state index contributed by atoms with van der Waals surface area (Å²) in [5, 5.41) is 4.59. The number of rotatable bonds is 5. The molecule has 8 nitrogen and oxygen atoms in total. The van der Waals surface area contributed by atoms with E-state index in [1.54, 1.807) is 47.4 Å². The summed E-state index contributed by atoms with van der Waals surface area (Å²) in [6.07, 6.45) is 1.51. The van der Waals surface area contributed by atoms with Crippen molar-refractivity contribution in [1.82, 2.24) is 14.9 Å². The standard InChI is InChI=1S/C30H30Cl2FN5O3/c1-30(2,3)41-29(40)38-13-11-37(12-14-38)26-8-7-18(16-23(26)33)35-25-17-19(15-20-21(31)5-4-6-22(20)32)36-24-9-10-34-28(39)27(24)25/h4-10,16-17H,11-15H2,1-3H3,(H,34,39)(H,35,36). The maximum Gasteiger partial charge on any atom is 0.410 e. The molecule has 0 saturated carbocycles. The molecule has 11 heteroatoms. The Labute approximate surface area is 247 Å². The zero-order valence-electron chi connectivity index (χ0n) is 22.9. The summed E-state index contributed by atoms with van der Waals surface area (Å²) in [5.41, 5.74) is 2.34. The van der Waals surface area contributed by atoms with Crippen LogP contribution in [0.4, 0.5) is 26.2 Å². The highest BCUT2D eigenvalue weighted by molar-refractivity contribution is 6.36. The number of halogens is 3. The van der Waals surface area contributed by atoms with Gasteiger partial charge in [-0.05, 0) is 68.8 Å². The lowest BCUT2D eigenvalue weighted by molar-refractivity contribution is 0.0240. The third-order valence-electron chi connectivity index (χ3n) is 6.70. The minimum Gasteiger partial charge on any atom is -0.444 e. The third-order valence-corrected chi connectivity index (χ3v) is 7.41. The first-order valence-corrected chi connectivity index (χ1v) is 14.0. The molecule has 2 aromatic heterocycles. The number of piperazine rings is 1. The van der Waals surface area contributed by atoms with E-state index in [1.165, 1.54) is 12.3 Å². The molecule has 1 fully saturated rings. The average Bonchev–Trinajstić information content (AvgIpc) is 2.90. The summed E-state index contributed by atoms with van der Waals surface area (Å²) in [4.78, 5) is 36.0. The van der Waals surface area contributed by atoms with E-state index in [1.807, 2.05) is 25.7 Å². The Bertz CT molecular complexity index is 1640. The maximum atomic E-state index is 15.4. The number of pyridine rings is 2. The number of hydrogen-bond acceptors (Lipinski definition) is 6. The van der Waals surface area contributed by atoms with E-state index >= 15 is 4.39 Å². The third kappa shape index (κ3) is 6.57. The SMILES string of the molecule is CC(C)(C)OC(=O)N1CCN(c2ccc(Nc3cc(Cc4c(Cl)cccc4Cl)nc4cc[nH]c(=O)c34)cc2F)CC1. The number of aromatic amines is 1. The van der Waals surface area contributed by atoms with Crippen LogP contribution < -0.4 is 15.8 Å². The Hall–Kier alpha value is -3.82. The van der Waals surface area contributed by atoms with Crippen LogP contribution in [-0.4, -0.2) is 52.7 Å². The number of carbonyl (C=O) groups is 1. The number of carbonyl (C=O) groups excluding carboxylic acids is 1. The first kappa shape index (κ1) is 28.7. The van der Waals surface area contributed by atoms with Crippen LogP contribution in [0, 0.1) is 5.82 Å². The van der Waals surface area contributed by atoms with Crippen molar-refractivity contribution in [3.05, 3.63) is 92.2 Å². The van der Waals surface area contributed by atoms with Gasteiger partial charge in [0.05, 0.1) is 22.3 Å². The normalized spacial score (nSPS) is 13.9. The van der Waals surface area contributed by atoms with Crippen molar-refractivity contribution in [3.8, 4) is 0 Å². The molecule has 4 aromatic rings. The van der Waals surface area contributed by atoms with Gasteiger partial charge >= 0.3 is 6.09 Å². The van der Waals surface area contributed by atoms with Gasteiger partial charge in [-0.2, -0.15) is 0 Å². The van der Waals surface area contributed by atoms with Gasteiger partial charge in [-0.15, -0.1) is 0 Å². The van der Waals surface area contributed by atoms with Gasteiger partial charge < -0.3 is 24.8 Å². The molecule has 41 heavy (non-hydrogen) atoms. The van der Waals surface area contributed by atoms with Crippen LogP contribution in [0.2, 0.25) is 10.0 Å². The molecule has 5 rings (SSSR count). The van der Waals surface area contributed by atoms with Gasteiger partial charge in [0.15, 0.2) is 0 Å². The van der Waals surface area contributed by atoms with E-state index in [2.05, 4.69) is 15.3 Å². The van der Waals surface area contributed by atoms with Crippen molar-refractivity contribution < 1.29 is 13.9 Å².